The van der Waals surface area contributed by atoms with Crippen molar-refractivity contribution < 1.29 is 9.90 Å². The zero-order valence-corrected chi connectivity index (χ0v) is 7.42. The summed E-state index contributed by atoms with van der Waals surface area (Å²) in [6.07, 6.45) is 4.21. The van der Waals surface area contributed by atoms with E-state index in [9.17, 15) is 9.90 Å². The lowest BCUT2D eigenvalue weighted by atomic mass is 10.0. The van der Waals surface area contributed by atoms with E-state index in [0.29, 0.717) is 6.42 Å². The standard InChI is InChI=1S/C9H18O2/c1-3-4-5-9(11)6-8(2)7-10/h7-9,11H,3-6H2,1-2H3. The SMILES string of the molecule is CCCCC(O)CC(C)C=O. The molecule has 2 atom stereocenters. The Bertz CT molecular complexity index is 102. The largest absolute Gasteiger partial charge is 0.393 e. The highest BCUT2D eigenvalue weighted by Gasteiger charge is 2.07. The molecule has 0 saturated carbocycles. The lowest BCUT2D eigenvalue weighted by Crippen LogP contribution is -2.12. The number of carbonyl (C=O) groups excluding carboxylic acids is 1. The topological polar surface area (TPSA) is 37.3 Å². The van der Waals surface area contributed by atoms with Gasteiger partial charge in [0.1, 0.15) is 6.29 Å². The van der Waals surface area contributed by atoms with Gasteiger partial charge in [0, 0.05) is 5.92 Å². The van der Waals surface area contributed by atoms with Gasteiger partial charge in [0.25, 0.3) is 0 Å². The Labute approximate surface area is 68.6 Å². The summed E-state index contributed by atoms with van der Waals surface area (Å²) >= 11 is 0. The van der Waals surface area contributed by atoms with E-state index in [0.717, 1.165) is 25.5 Å². The summed E-state index contributed by atoms with van der Waals surface area (Å²) in [5.41, 5.74) is 0. The van der Waals surface area contributed by atoms with E-state index < -0.39 is 0 Å². The highest BCUT2D eigenvalue weighted by atomic mass is 16.3. The third kappa shape index (κ3) is 6.05. The van der Waals surface area contributed by atoms with Crippen LogP contribution in [0.2, 0.25) is 0 Å². The maximum atomic E-state index is 10.2. The monoisotopic (exact) mass is 158 g/mol. The third-order valence-electron chi connectivity index (χ3n) is 1.77. The third-order valence-corrected chi connectivity index (χ3v) is 1.77. The molecule has 0 aliphatic rings. The van der Waals surface area contributed by atoms with Crippen LogP contribution in [-0.2, 0) is 4.79 Å². The van der Waals surface area contributed by atoms with Crippen molar-refractivity contribution in [2.24, 2.45) is 5.92 Å². The van der Waals surface area contributed by atoms with E-state index in [1.54, 1.807) is 0 Å². The molecule has 0 rings (SSSR count). The van der Waals surface area contributed by atoms with Crippen LogP contribution >= 0.6 is 0 Å². The van der Waals surface area contributed by atoms with Gasteiger partial charge in [-0.3, -0.25) is 0 Å². The van der Waals surface area contributed by atoms with Gasteiger partial charge in [-0.1, -0.05) is 26.7 Å². The molecule has 2 unspecified atom stereocenters. The van der Waals surface area contributed by atoms with Crippen LogP contribution in [0.1, 0.15) is 39.5 Å². The number of aldehydes is 1. The number of aliphatic hydroxyl groups excluding tert-OH is 1. The summed E-state index contributed by atoms with van der Waals surface area (Å²) < 4.78 is 0. The summed E-state index contributed by atoms with van der Waals surface area (Å²) in [5, 5.41) is 9.32. The van der Waals surface area contributed by atoms with Gasteiger partial charge in [-0.05, 0) is 12.8 Å². The second-order valence-electron chi connectivity index (χ2n) is 3.15. The number of carbonyl (C=O) groups is 1. The number of hydrogen-bond donors (Lipinski definition) is 1. The Morgan fingerprint density at radius 2 is 2.18 bits per heavy atom. The Hall–Kier alpha value is -0.370. The van der Waals surface area contributed by atoms with E-state index in [1.165, 1.54) is 0 Å². The molecule has 0 radical (unpaired) electrons. The van der Waals surface area contributed by atoms with Gasteiger partial charge in [-0.15, -0.1) is 0 Å². The molecule has 0 bridgehead atoms. The van der Waals surface area contributed by atoms with Crippen molar-refractivity contribution in [2.75, 3.05) is 0 Å². The molecule has 2 nitrogen and oxygen atoms in total. The number of hydrogen-bond acceptors (Lipinski definition) is 2. The van der Waals surface area contributed by atoms with E-state index >= 15 is 0 Å². The van der Waals surface area contributed by atoms with E-state index in [4.69, 9.17) is 0 Å². The first kappa shape index (κ1) is 10.6. The quantitative estimate of drug-likeness (QED) is 0.598. The first-order valence-corrected chi connectivity index (χ1v) is 4.34. The summed E-state index contributed by atoms with van der Waals surface area (Å²) in [6.45, 7) is 3.93. The summed E-state index contributed by atoms with van der Waals surface area (Å²) in [5.74, 6) is 0.00172. The van der Waals surface area contributed by atoms with Crippen molar-refractivity contribution >= 4 is 6.29 Å². The molecular weight excluding hydrogens is 140 g/mol. The molecule has 0 saturated heterocycles. The smallest absolute Gasteiger partial charge is 0.122 e. The van der Waals surface area contributed by atoms with Gasteiger partial charge in [0.05, 0.1) is 6.10 Å². The molecular formula is C9H18O2. The Kier molecular flexibility index (Phi) is 6.13. The second-order valence-corrected chi connectivity index (χ2v) is 3.15. The predicted molar refractivity (Wildman–Crippen MR) is 45.4 cm³/mol. The average Bonchev–Trinajstić information content (AvgIpc) is 2.00. The van der Waals surface area contributed by atoms with Gasteiger partial charge < -0.3 is 9.90 Å². The first-order valence-electron chi connectivity index (χ1n) is 4.34. The zero-order valence-electron chi connectivity index (χ0n) is 7.42. The molecule has 0 aromatic carbocycles. The summed E-state index contributed by atoms with van der Waals surface area (Å²) in [6, 6.07) is 0. The highest BCUT2D eigenvalue weighted by Crippen LogP contribution is 2.09. The van der Waals surface area contributed by atoms with Gasteiger partial charge in [-0.25, -0.2) is 0 Å². The highest BCUT2D eigenvalue weighted by molar-refractivity contribution is 5.52. The van der Waals surface area contributed by atoms with Crippen LogP contribution in [0.4, 0.5) is 0 Å². The lowest BCUT2D eigenvalue weighted by Gasteiger charge is -2.10. The maximum absolute atomic E-state index is 10.2. The Balaban J connectivity index is 3.34. The van der Waals surface area contributed by atoms with Crippen molar-refractivity contribution in [1.29, 1.82) is 0 Å². The minimum Gasteiger partial charge on any atom is -0.393 e. The fourth-order valence-electron chi connectivity index (χ4n) is 1.04. The van der Waals surface area contributed by atoms with Crippen molar-refractivity contribution in [1.82, 2.24) is 0 Å². The molecule has 0 fully saturated rings. The van der Waals surface area contributed by atoms with Crippen LogP contribution in [0, 0.1) is 5.92 Å². The van der Waals surface area contributed by atoms with E-state index in [-0.39, 0.29) is 12.0 Å². The van der Waals surface area contributed by atoms with E-state index in [1.807, 2.05) is 6.92 Å². The van der Waals surface area contributed by atoms with Crippen molar-refractivity contribution in [3.63, 3.8) is 0 Å². The Morgan fingerprint density at radius 1 is 1.55 bits per heavy atom. The molecule has 0 heterocycles. The number of aliphatic hydroxyl groups is 1. The van der Waals surface area contributed by atoms with Gasteiger partial charge in [0.2, 0.25) is 0 Å². The molecule has 0 aromatic heterocycles. The van der Waals surface area contributed by atoms with Crippen LogP contribution in [0.25, 0.3) is 0 Å². The van der Waals surface area contributed by atoms with E-state index in [2.05, 4.69) is 6.92 Å². The normalized spacial score (nSPS) is 15.9. The van der Waals surface area contributed by atoms with Crippen molar-refractivity contribution in [3.8, 4) is 0 Å². The van der Waals surface area contributed by atoms with Gasteiger partial charge in [-0.2, -0.15) is 0 Å². The maximum Gasteiger partial charge on any atom is 0.122 e. The molecule has 0 spiro atoms. The average molecular weight is 158 g/mol. The lowest BCUT2D eigenvalue weighted by molar-refractivity contribution is -0.111. The van der Waals surface area contributed by atoms with Crippen molar-refractivity contribution in [2.45, 2.75) is 45.6 Å². The molecule has 66 valence electrons. The zero-order chi connectivity index (χ0) is 8.69. The Morgan fingerprint density at radius 3 is 2.64 bits per heavy atom. The van der Waals surface area contributed by atoms with Gasteiger partial charge in [0.15, 0.2) is 0 Å². The summed E-state index contributed by atoms with van der Waals surface area (Å²) in [7, 11) is 0. The minimum absolute atomic E-state index is 0.00172. The van der Waals surface area contributed by atoms with Crippen LogP contribution in [0.3, 0.4) is 0 Å². The molecule has 0 aliphatic carbocycles. The summed E-state index contributed by atoms with van der Waals surface area (Å²) in [4.78, 5) is 10.2. The molecule has 11 heavy (non-hydrogen) atoms. The fraction of sp³-hybridized carbons (Fsp3) is 0.889. The van der Waals surface area contributed by atoms with Crippen LogP contribution in [0.5, 0.6) is 0 Å². The first-order chi connectivity index (χ1) is 5.20. The molecule has 0 aromatic rings. The molecule has 0 amide bonds. The van der Waals surface area contributed by atoms with Crippen molar-refractivity contribution in [3.05, 3.63) is 0 Å². The fourth-order valence-corrected chi connectivity index (χ4v) is 1.04. The van der Waals surface area contributed by atoms with Gasteiger partial charge >= 0.3 is 0 Å². The molecule has 2 heteroatoms. The predicted octanol–water partition coefficient (Wildman–Crippen LogP) is 1.76. The number of unbranched alkanes of at least 4 members (excludes halogenated alkanes) is 1. The molecule has 0 aliphatic heterocycles. The van der Waals surface area contributed by atoms with Crippen LogP contribution in [0.15, 0.2) is 0 Å². The van der Waals surface area contributed by atoms with Crippen LogP contribution < -0.4 is 0 Å². The number of rotatable bonds is 6. The van der Waals surface area contributed by atoms with Crippen LogP contribution in [-0.4, -0.2) is 17.5 Å². The minimum atomic E-state index is -0.282. The second kappa shape index (κ2) is 6.35. The molecule has 1 N–H and O–H groups in total.